The zero-order valence-corrected chi connectivity index (χ0v) is 15.2. The minimum absolute atomic E-state index is 0.252. The quantitative estimate of drug-likeness (QED) is 0.755. The summed E-state index contributed by atoms with van der Waals surface area (Å²) in [5, 5.41) is 3.25. The highest BCUT2D eigenvalue weighted by atomic mass is 79.9. The van der Waals surface area contributed by atoms with Gasteiger partial charge in [0.2, 0.25) is 10.0 Å². The van der Waals surface area contributed by atoms with Crippen LogP contribution in [0, 0.1) is 0 Å². The molecule has 0 unspecified atom stereocenters. The van der Waals surface area contributed by atoms with Gasteiger partial charge in [0.15, 0.2) is 0 Å². The Morgan fingerprint density at radius 2 is 1.67 bits per heavy atom. The van der Waals surface area contributed by atoms with Crippen LogP contribution in [0.3, 0.4) is 0 Å². The molecule has 4 nitrogen and oxygen atoms in total. The van der Waals surface area contributed by atoms with Gasteiger partial charge in [-0.05, 0) is 80.9 Å². The number of rotatable bonds is 5. The number of nitrogens with one attached hydrogen (secondary N) is 2. The van der Waals surface area contributed by atoms with Crippen LogP contribution >= 0.6 is 31.9 Å². The molecular weight excluding hydrogens is 420 g/mol. The van der Waals surface area contributed by atoms with Gasteiger partial charge in [-0.2, -0.15) is 0 Å². The van der Waals surface area contributed by atoms with Crippen molar-refractivity contribution in [2.24, 2.45) is 0 Å². The molecule has 0 amide bonds. The van der Waals surface area contributed by atoms with E-state index in [-0.39, 0.29) is 4.90 Å². The van der Waals surface area contributed by atoms with E-state index in [9.17, 15) is 8.42 Å². The largest absolute Gasteiger partial charge is 0.381 e. The number of hydrogen-bond acceptors (Lipinski definition) is 3. The molecule has 0 aliphatic carbocycles. The molecule has 0 aliphatic heterocycles. The Hall–Kier alpha value is -0.890. The van der Waals surface area contributed by atoms with E-state index in [4.69, 9.17) is 0 Å². The molecule has 7 heteroatoms. The van der Waals surface area contributed by atoms with Gasteiger partial charge in [-0.1, -0.05) is 6.07 Å². The zero-order valence-electron chi connectivity index (χ0n) is 11.2. The minimum Gasteiger partial charge on any atom is -0.381 e. The van der Waals surface area contributed by atoms with Crippen LogP contribution in [-0.2, 0) is 16.6 Å². The molecule has 0 saturated carbocycles. The average Bonchev–Trinajstić information content (AvgIpc) is 2.49. The Bertz CT molecular complexity index is 731. The predicted octanol–water partition coefficient (Wildman–Crippen LogP) is 3.73. The predicted molar refractivity (Wildman–Crippen MR) is 91.9 cm³/mol. The molecule has 2 rings (SSSR count). The summed E-state index contributed by atoms with van der Waals surface area (Å²) >= 11 is 6.89. The molecule has 21 heavy (non-hydrogen) atoms. The maximum Gasteiger partial charge on any atom is 0.240 e. The van der Waals surface area contributed by atoms with Crippen molar-refractivity contribution < 1.29 is 8.42 Å². The molecule has 0 aliphatic rings. The van der Waals surface area contributed by atoms with E-state index in [1.807, 2.05) is 18.2 Å². The van der Waals surface area contributed by atoms with Gasteiger partial charge in [-0.15, -0.1) is 0 Å². The normalized spacial score (nSPS) is 11.4. The molecule has 0 spiro atoms. The highest BCUT2D eigenvalue weighted by Crippen LogP contribution is 2.24. The highest BCUT2D eigenvalue weighted by molar-refractivity contribution is 9.13. The summed E-state index contributed by atoms with van der Waals surface area (Å²) in [5.41, 5.74) is 1.99. The lowest BCUT2D eigenvalue weighted by atomic mass is 10.2. The summed E-state index contributed by atoms with van der Waals surface area (Å²) < 4.78 is 27.5. The van der Waals surface area contributed by atoms with Gasteiger partial charge in [0.25, 0.3) is 0 Å². The van der Waals surface area contributed by atoms with Gasteiger partial charge in [0.1, 0.15) is 0 Å². The maximum absolute atomic E-state index is 11.6. The molecule has 2 aromatic rings. The van der Waals surface area contributed by atoms with E-state index in [1.54, 1.807) is 24.3 Å². The molecule has 2 N–H and O–H groups in total. The first kappa shape index (κ1) is 16.5. The molecular formula is C14H14Br2N2O2S. The van der Waals surface area contributed by atoms with Crippen LogP contribution < -0.4 is 10.0 Å². The Morgan fingerprint density at radius 3 is 2.24 bits per heavy atom. The Balaban J connectivity index is 2.05. The lowest BCUT2D eigenvalue weighted by Gasteiger charge is -2.09. The van der Waals surface area contributed by atoms with Crippen LogP contribution in [0.25, 0.3) is 0 Å². The summed E-state index contributed by atoms with van der Waals surface area (Å²) in [4.78, 5) is 0.252. The topological polar surface area (TPSA) is 58.2 Å². The van der Waals surface area contributed by atoms with Crippen molar-refractivity contribution in [2.75, 3.05) is 12.4 Å². The molecule has 0 fully saturated rings. The molecule has 0 bridgehead atoms. The third-order valence-electron chi connectivity index (χ3n) is 2.91. The van der Waals surface area contributed by atoms with E-state index < -0.39 is 10.0 Å². The van der Waals surface area contributed by atoms with Gasteiger partial charge in [-0.3, -0.25) is 0 Å². The first-order chi connectivity index (χ1) is 9.92. The van der Waals surface area contributed by atoms with Crippen LogP contribution in [0.1, 0.15) is 5.56 Å². The van der Waals surface area contributed by atoms with Crippen LogP contribution in [-0.4, -0.2) is 15.5 Å². The Morgan fingerprint density at radius 1 is 1.00 bits per heavy atom. The van der Waals surface area contributed by atoms with E-state index in [2.05, 4.69) is 41.9 Å². The van der Waals surface area contributed by atoms with Gasteiger partial charge in [-0.25, -0.2) is 13.1 Å². The lowest BCUT2D eigenvalue weighted by molar-refractivity contribution is 0.588. The van der Waals surface area contributed by atoms with Crippen molar-refractivity contribution in [3.8, 4) is 0 Å². The van der Waals surface area contributed by atoms with Crippen molar-refractivity contribution in [3.05, 3.63) is 57.0 Å². The van der Waals surface area contributed by atoms with E-state index >= 15 is 0 Å². The molecule has 0 saturated heterocycles. The fourth-order valence-electron chi connectivity index (χ4n) is 1.72. The summed E-state index contributed by atoms with van der Waals surface area (Å²) in [5.74, 6) is 0. The van der Waals surface area contributed by atoms with E-state index in [0.717, 1.165) is 20.2 Å². The van der Waals surface area contributed by atoms with Crippen molar-refractivity contribution in [2.45, 2.75) is 11.4 Å². The van der Waals surface area contributed by atoms with Crippen molar-refractivity contribution in [1.82, 2.24) is 4.72 Å². The first-order valence-electron chi connectivity index (χ1n) is 6.14. The van der Waals surface area contributed by atoms with Gasteiger partial charge >= 0.3 is 0 Å². The molecule has 2 aromatic carbocycles. The standard InChI is InChI=1S/C14H14Br2N2O2S/c1-17-21(19,20)12-5-3-11(4-6-12)18-9-10-2-7-13(15)14(16)8-10/h2-8,17-18H,9H2,1H3. The number of halogens is 2. The van der Waals surface area contributed by atoms with Gasteiger partial charge in [0, 0.05) is 21.2 Å². The van der Waals surface area contributed by atoms with Gasteiger partial charge in [0.05, 0.1) is 4.90 Å². The third-order valence-corrected chi connectivity index (χ3v) is 6.22. The van der Waals surface area contributed by atoms with Crippen LogP contribution in [0.5, 0.6) is 0 Å². The number of benzene rings is 2. The first-order valence-corrected chi connectivity index (χ1v) is 9.21. The monoisotopic (exact) mass is 432 g/mol. The SMILES string of the molecule is CNS(=O)(=O)c1ccc(NCc2ccc(Br)c(Br)c2)cc1. The number of sulfonamides is 1. The van der Waals surface area contributed by atoms with Crippen molar-refractivity contribution in [3.63, 3.8) is 0 Å². The zero-order chi connectivity index (χ0) is 15.5. The maximum atomic E-state index is 11.6. The smallest absolute Gasteiger partial charge is 0.240 e. The Kier molecular flexibility index (Phi) is 5.43. The molecule has 112 valence electrons. The fourth-order valence-corrected chi connectivity index (χ4v) is 3.13. The average molecular weight is 434 g/mol. The summed E-state index contributed by atoms with van der Waals surface area (Å²) in [6.45, 7) is 0.657. The molecule has 0 atom stereocenters. The van der Waals surface area contributed by atoms with Crippen molar-refractivity contribution >= 4 is 47.6 Å². The second-order valence-corrected chi connectivity index (χ2v) is 7.93. The fraction of sp³-hybridized carbons (Fsp3) is 0.143. The summed E-state index contributed by atoms with van der Waals surface area (Å²) in [6.07, 6.45) is 0. The van der Waals surface area contributed by atoms with Crippen molar-refractivity contribution in [1.29, 1.82) is 0 Å². The number of anilines is 1. The van der Waals surface area contributed by atoms with E-state index in [0.29, 0.717) is 6.54 Å². The van der Waals surface area contributed by atoms with E-state index in [1.165, 1.54) is 7.05 Å². The second kappa shape index (κ2) is 6.91. The van der Waals surface area contributed by atoms with Crippen LogP contribution in [0.2, 0.25) is 0 Å². The second-order valence-electron chi connectivity index (χ2n) is 4.33. The Labute approximate surface area is 141 Å². The molecule has 0 aromatic heterocycles. The molecule has 0 heterocycles. The molecule has 0 radical (unpaired) electrons. The number of hydrogen-bond donors (Lipinski definition) is 2. The summed E-state index contributed by atoms with van der Waals surface area (Å²) in [6, 6.07) is 12.7. The highest BCUT2D eigenvalue weighted by Gasteiger charge is 2.10. The summed E-state index contributed by atoms with van der Waals surface area (Å²) in [7, 11) is -1.99. The third kappa shape index (κ3) is 4.29. The lowest BCUT2D eigenvalue weighted by Crippen LogP contribution is -2.18. The minimum atomic E-state index is -3.38. The van der Waals surface area contributed by atoms with Gasteiger partial charge < -0.3 is 5.32 Å². The van der Waals surface area contributed by atoms with Crippen LogP contribution in [0.4, 0.5) is 5.69 Å². The van der Waals surface area contributed by atoms with Crippen LogP contribution in [0.15, 0.2) is 56.3 Å².